The monoisotopic (exact) mass is 679 g/mol. The standard InChI is InChI=1S/C37H36F3N9O/c1-35(2,3)20-33-42-30-12-10-27(19-31(30)43-33)48-16-14-47(15-17-48)26-8-4-23(5-9-26)24-6-13-32(41-21-24)37(39,40)36(50)22-49-34(44-45-46-49)28-18-25(38)7-11-29(28)36/h4-13,18-19,21,50H,14-17,20,22H2,1-3H3,(H,42,43)/t36-/m0/s1. The maximum atomic E-state index is 16.2. The number of H-pyrrole nitrogens is 1. The van der Waals surface area contributed by atoms with Crippen molar-refractivity contribution in [3.8, 4) is 22.5 Å². The lowest BCUT2D eigenvalue weighted by molar-refractivity contribution is -0.207. The Kier molecular flexibility index (Phi) is 7.44. The second-order valence-corrected chi connectivity index (χ2v) is 14.4. The van der Waals surface area contributed by atoms with E-state index in [1.165, 1.54) is 18.0 Å². The number of nitrogens with one attached hydrogen (secondary N) is 1. The van der Waals surface area contributed by atoms with Gasteiger partial charge in [-0.2, -0.15) is 8.78 Å². The second kappa shape index (κ2) is 11.7. The molecule has 3 aromatic carbocycles. The Morgan fingerprint density at radius 2 is 1.56 bits per heavy atom. The Labute approximate surface area is 286 Å². The SMILES string of the molecule is CC(C)(C)Cc1nc2ccc(N3CCN(c4ccc(-c5ccc(C(F)(F)[C@]6(O)Cn7nnnc7-c7cc(F)ccc76)nc5)cc4)CC3)cc2[nH]1. The number of alkyl halides is 2. The zero-order chi connectivity index (χ0) is 34.8. The van der Waals surface area contributed by atoms with Gasteiger partial charge in [0.2, 0.25) is 0 Å². The first-order valence-corrected chi connectivity index (χ1v) is 16.6. The number of hydrogen-bond donors (Lipinski definition) is 2. The fraction of sp³-hybridized carbons (Fsp3) is 0.324. The number of pyridine rings is 1. The van der Waals surface area contributed by atoms with Gasteiger partial charge in [-0.25, -0.2) is 14.1 Å². The molecule has 3 aromatic heterocycles. The molecular weight excluding hydrogens is 643 g/mol. The molecule has 0 spiro atoms. The number of rotatable bonds is 6. The van der Waals surface area contributed by atoms with E-state index in [0.717, 1.165) is 83.6 Å². The summed E-state index contributed by atoms with van der Waals surface area (Å²) < 4.78 is 47.5. The molecule has 2 aliphatic heterocycles. The van der Waals surface area contributed by atoms with E-state index in [1.54, 1.807) is 6.07 Å². The number of imidazole rings is 1. The molecule has 0 unspecified atom stereocenters. The highest BCUT2D eigenvalue weighted by Gasteiger charge is 2.59. The minimum absolute atomic E-state index is 0.00217. The van der Waals surface area contributed by atoms with E-state index in [1.807, 2.05) is 24.3 Å². The van der Waals surface area contributed by atoms with Crippen LogP contribution in [0.25, 0.3) is 33.5 Å². The van der Waals surface area contributed by atoms with Crippen LogP contribution in [0.3, 0.4) is 0 Å². The van der Waals surface area contributed by atoms with Gasteiger partial charge in [-0.1, -0.05) is 45.0 Å². The van der Waals surface area contributed by atoms with E-state index in [-0.39, 0.29) is 22.4 Å². The van der Waals surface area contributed by atoms with Crippen molar-refractivity contribution < 1.29 is 18.3 Å². The van der Waals surface area contributed by atoms with Gasteiger partial charge in [-0.3, -0.25) is 4.98 Å². The number of nitrogens with zero attached hydrogens (tertiary/aromatic N) is 8. The molecule has 0 bridgehead atoms. The number of piperazine rings is 1. The molecule has 5 heterocycles. The first-order chi connectivity index (χ1) is 23.9. The number of fused-ring (bicyclic) bond motifs is 4. The van der Waals surface area contributed by atoms with Crippen molar-refractivity contribution in [3.63, 3.8) is 0 Å². The largest absolute Gasteiger partial charge is 0.377 e. The molecule has 0 saturated carbocycles. The second-order valence-electron chi connectivity index (χ2n) is 14.4. The van der Waals surface area contributed by atoms with Gasteiger partial charge in [0.05, 0.1) is 17.6 Å². The van der Waals surface area contributed by atoms with Crippen molar-refractivity contribution in [1.82, 2.24) is 35.2 Å². The summed E-state index contributed by atoms with van der Waals surface area (Å²) in [6, 6.07) is 20.4. The van der Waals surface area contributed by atoms with E-state index in [0.29, 0.717) is 5.56 Å². The lowest BCUT2D eigenvalue weighted by Crippen LogP contribution is -2.49. The van der Waals surface area contributed by atoms with Crippen LogP contribution in [0.5, 0.6) is 0 Å². The van der Waals surface area contributed by atoms with Crippen LogP contribution < -0.4 is 9.80 Å². The average Bonchev–Trinajstić information content (AvgIpc) is 3.73. The van der Waals surface area contributed by atoms with Gasteiger partial charge < -0.3 is 19.9 Å². The van der Waals surface area contributed by atoms with E-state index in [9.17, 15) is 9.50 Å². The highest BCUT2D eigenvalue weighted by molar-refractivity contribution is 5.80. The molecule has 2 N–H and O–H groups in total. The topological polar surface area (TPSA) is 112 Å². The number of aliphatic hydroxyl groups is 1. The fourth-order valence-electron chi connectivity index (χ4n) is 7.02. The predicted octanol–water partition coefficient (Wildman–Crippen LogP) is 6.33. The molecule has 1 fully saturated rings. The van der Waals surface area contributed by atoms with Gasteiger partial charge in [0.25, 0.3) is 0 Å². The number of benzene rings is 3. The van der Waals surface area contributed by atoms with Crippen molar-refractivity contribution >= 4 is 22.4 Å². The van der Waals surface area contributed by atoms with Crippen molar-refractivity contribution in [2.45, 2.75) is 45.3 Å². The lowest BCUT2D eigenvalue weighted by atomic mass is 9.80. The summed E-state index contributed by atoms with van der Waals surface area (Å²) in [6.45, 7) is 9.45. The Balaban J connectivity index is 0.944. The third-order valence-electron chi connectivity index (χ3n) is 9.61. The van der Waals surface area contributed by atoms with Gasteiger partial charge >= 0.3 is 5.92 Å². The van der Waals surface area contributed by atoms with Crippen molar-refractivity contribution in [1.29, 1.82) is 0 Å². The first-order valence-electron chi connectivity index (χ1n) is 16.6. The summed E-state index contributed by atoms with van der Waals surface area (Å²) in [7, 11) is 0. The van der Waals surface area contributed by atoms with Crippen LogP contribution in [0.1, 0.15) is 37.9 Å². The van der Waals surface area contributed by atoms with Crippen molar-refractivity contribution in [3.05, 3.63) is 102 Å². The fourth-order valence-corrected chi connectivity index (χ4v) is 7.02. The normalized spacial score (nSPS) is 18.0. The number of anilines is 2. The van der Waals surface area contributed by atoms with Crippen molar-refractivity contribution in [2.75, 3.05) is 36.0 Å². The molecule has 0 radical (unpaired) electrons. The number of aromatic amines is 1. The molecule has 13 heteroatoms. The summed E-state index contributed by atoms with van der Waals surface area (Å²) in [6.07, 6.45) is 2.26. The molecule has 10 nitrogen and oxygen atoms in total. The summed E-state index contributed by atoms with van der Waals surface area (Å²) in [4.78, 5) is 17.1. The van der Waals surface area contributed by atoms with Crippen LogP contribution in [0.15, 0.2) is 79.0 Å². The zero-order valence-electron chi connectivity index (χ0n) is 27.9. The molecule has 0 amide bonds. The minimum Gasteiger partial charge on any atom is -0.377 e. The highest BCUT2D eigenvalue weighted by Crippen LogP contribution is 2.50. The third kappa shape index (κ3) is 5.55. The number of tetrazole rings is 1. The van der Waals surface area contributed by atoms with E-state index < -0.39 is 29.6 Å². The van der Waals surface area contributed by atoms with Gasteiger partial charge in [0, 0.05) is 66.9 Å². The number of halogens is 3. The van der Waals surface area contributed by atoms with Crippen LogP contribution >= 0.6 is 0 Å². The molecule has 256 valence electrons. The van der Waals surface area contributed by atoms with Crippen LogP contribution in [-0.2, 0) is 24.5 Å². The Morgan fingerprint density at radius 3 is 2.26 bits per heavy atom. The lowest BCUT2D eigenvalue weighted by Gasteiger charge is -2.39. The molecule has 8 rings (SSSR count). The summed E-state index contributed by atoms with van der Waals surface area (Å²) >= 11 is 0. The van der Waals surface area contributed by atoms with Crippen LogP contribution in [0.2, 0.25) is 0 Å². The Morgan fingerprint density at radius 1 is 0.860 bits per heavy atom. The molecule has 50 heavy (non-hydrogen) atoms. The van der Waals surface area contributed by atoms with E-state index in [2.05, 4.69) is 74.3 Å². The molecule has 0 aliphatic carbocycles. The molecule has 1 saturated heterocycles. The molecular formula is C37H36F3N9O. The van der Waals surface area contributed by atoms with Crippen LogP contribution in [0, 0.1) is 11.2 Å². The predicted molar refractivity (Wildman–Crippen MR) is 184 cm³/mol. The maximum Gasteiger partial charge on any atom is 0.323 e. The zero-order valence-corrected chi connectivity index (χ0v) is 27.9. The quantitative estimate of drug-likeness (QED) is 0.210. The maximum absolute atomic E-state index is 16.2. The van der Waals surface area contributed by atoms with Gasteiger partial charge in [-0.05, 0) is 69.9 Å². The molecule has 6 aromatic rings. The molecule has 2 aliphatic rings. The third-order valence-corrected chi connectivity index (χ3v) is 9.61. The highest BCUT2D eigenvalue weighted by atomic mass is 19.3. The van der Waals surface area contributed by atoms with Crippen LogP contribution in [-0.4, -0.2) is 66.4 Å². The van der Waals surface area contributed by atoms with E-state index in [4.69, 9.17) is 4.98 Å². The Bertz CT molecular complexity index is 2180. The van der Waals surface area contributed by atoms with Crippen molar-refractivity contribution in [2.24, 2.45) is 5.41 Å². The Hall–Kier alpha value is -5.30. The summed E-state index contributed by atoms with van der Waals surface area (Å²) in [5.74, 6) is -3.40. The average molecular weight is 680 g/mol. The van der Waals surface area contributed by atoms with Crippen LogP contribution in [0.4, 0.5) is 24.5 Å². The number of hydrogen-bond acceptors (Lipinski definition) is 8. The van der Waals surface area contributed by atoms with Gasteiger partial charge in [-0.15, -0.1) is 5.10 Å². The smallest absolute Gasteiger partial charge is 0.323 e. The summed E-state index contributed by atoms with van der Waals surface area (Å²) in [5.41, 5.74) is 2.38. The summed E-state index contributed by atoms with van der Waals surface area (Å²) in [5, 5.41) is 22.6. The van der Waals surface area contributed by atoms with E-state index >= 15 is 8.78 Å². The minimum atomic E-state index is -3.85. The van der Waals surface area contributed by atoms with Gasteiger partial charge in [0.15, 0.2) is 11.4 Å². The first kappa shape index (κ1) is 31.9. The van der Waals surface area contributed by atoms with Gasteiger partial charge in [0.1, 0.15) is 17.3 Å². The number of aromatic nitrogens is 7. The molecule has 1 atom stereocenters.